The fourth-order valence-electron chi connectivity index (χ4n) is 6.73. The van der Waals surface area contributed by atoms with Crippen LogP contribution in [0.3, 0.4) is 0 Å². The summed E-state index contributed by atoms with van der Waals surface area (Å²) in [6.07, 6.45) is 14.1. The van der Waals surface area contributed by atoms with Crippen LogP contribution < -0.4 is 0 Å². The molecule has 0 radical (unpaired) electrons. The van der Waals surface area contributed by atoms with Crippen molar-refractivity contribution < 1.29 is 23.9 Å². The first-order chi connectivity index (χ1) is 17.3. The maximum absolute atomic E-state index is 13.5. The Morgan fingerprint density at radius 1 is 1.08 bits per heavy atom. The number of hydrogen-bond donors (Lipinski definition) is 1. The normalized spacial score (nSPS) is 29.2. The van der Waals surface area contributed by atoms with E-state index < -0.39 is 13.9 Å². The van der Waals surface area contributed by atoms with Gasteiger partial charge in [-0.05, 0) is 88.4 Å². The molecule has 3 saturated carbocycles. The van der Waals surface area contributed by atoms with E-state index in [1.807, 2.05) is 0 Å². The van der Waals surface area contributed by atoms with Gasteiger partial charge in [-0.3, -0.25) is 9.59 Å². The zero-order valence-corrected chi connectivity index (χ0v) is 25.7. The van der Waals surface area contributed by atoms with Gasteiger partial charge in [0.1, 0.15) is 5.78 Å². The minimum absolute atomic E-state index is 0.0210. The quantitative estimate of drug-likeness (QED) is 0.168. The van der Waals surface area contributed by atoms with Crippen molar-refractivity contribution in [1.29, 1.82) is 0 Å². The Kier molecular flexibility index (Phi) is 10.2. The van der Waals surface area contributed by atoms with Crippen LogP contribution in [0, 0.1) is 29.6 Å². The number of aliphatic hydroxyl groups is 1. The second kappa shape index (κ2) is 12.4. The van der Waals surface area contributed by atoms with Crippen LogP contribution in [0.25, 0.3) is 0 Å². The Hall–Kier alpha value is -1.14. The predicted octanol–water partition coefficient (Wildman–Crippen LogP) is 7.58. The van der Waals surface area contributed by atoms with Gasteiger partial charge >= 0.3 is 5.97 Å². The van der Waals surface area contributed by atoms with Crippen LogP contribution >= 0.6 is 0 Å². The highest BCUT2D eigenvalue weighted by Gasteiger charge is 2.55. The monoisotopic (exact) mass is 534 g/mol. The van der Waals surface area contributed by atoms with Crippen LogP contribution in [0.1, 0.15) is 112 Å². The van der Waals surface area contributed by atoms with E-state index in [2.05, 4.69) is 39.9 Å². The number of hydrogen-bond acceptors (Lipinski definition) is 5. The molecule has 1 N–H and O–H groups in total. The fourth-order valence-corrected chi connectivity index (χ4v) is 7.86. The van der Waals surface area contributed by atoms with E-state index in [1.54, 1.807) is 13.8 Å². The fraction of sp³-hybridized carbons (Fsp3) is 0.871. The Labute approximate surface area is 227 Å². The molecular formula is C31H54O5Si. The maximum Gasteiger partial charge on any atom is 0.305 e. The van der Waals surface area contributed by atoms with Gasteiger partial charge in [-0.2, -0.15) is 0 Å². The topological polar surface area (TPSA) is 72.8 Å². The Morgan fingerprint density at radius 3 is 2.38 bits per heavy atom. The number of rotatable bonds is 11. The summed E-state index contributed by atoms with van der Waals surface area (Å²) in [4.78, 5) is 25.3. The summed E-state index contributed by atoms with van der Waals surface area (Å²) in [5.41, 5.74) is -1.09. The van der Waals surface area contributed by atoms with E-state index in [9.17, 15) is 14.7 Å². The molecule has 0 bridgehead atoms. The molecule has 3 unspecified atom stereocenters. The number of carbonyl (C=O) groups excluding carboxylic acids is 2. The lowest BCUT2D eigenvalue weighted by atomic mass is 9.80. The molecule has 0 spiro atoms. The van der Waals surface area contributed by atoms with Crippen molar-refractivity contribution in [3.8, 4) is 0 Å². The number of esters is 1. The van der Waals surface area contributed by atoms with E-state index in [1.165, 1.54) is 32.1 Å². The van der Waals surface area contributed by atoms with Crippen LogP contribution in [0.4, 0.5) is 0 Å². The number of Topliss-reactive ketones (excluding diaryl/α,β-unsaturated/α-hetero) is 1. The highest BCUT2D eigenvalue weighted by Crippen LogP contribution is 2.54. The third-order valence-corrected chi connectivity index (χ3v) is 14.4. The maximum atomic E-state index is 13.5. The molecule has 5 nitrogen and oxygen atoms in total. The molecular weight excluding hydrogens is 480 g/mol. The number of allylic oxidation sites excluding steroid dienone is 2. The van der Waals surface area contributed by atoms with Crippen molar-refractivity contribution in [2.45, 2.75) is 135 Å². The summed E-state index contributed by atoms with van der Waals surface area (Å²) in [6, 6.07) is 0. The molecule has 0 aromatic heterocycles. The van der Waals surface area contributed by atoms with Crippen molar-refractivity contribution in [3.05, 3.63) is 11.8 Å². The molecule has 3 aliphatic carbocycles. The summed E-state index contributed by atoms with van der Waals surface area (Å²) in [5, 5.41) is 11.5. The standard InChI is InChI=1S/C31H54O5Si/c1-8-35-28(32)15-12-20-31(5,34)26-21-25-23(17-18-24(25)29(26)33)27(36-37(6,7)30(2,3)4)19-16-22-13-10-9-11-14-22/h19,22-26,34H,8-18,20-21H2,1-7H3/t23-,24?,25?,26-,31?/m1/s1. The molecule has 3 rings (SSSR count). The van der Waals surface area contributed by atoms with E-state index in [-0.39, 0.29) is 46.9 Å². The molecule has 0 heterocycles. The summed E-state index contributed by atoms with van der Waals surface area (Å²) < 4.78 is 12.1. The van der Waals surface area contributed by atoms with E-state index in [0.29, 0.717) is 19.4 Å². The van der Waals surface area contributed by atoms with Gasteiger partial charge in [-0.15, -0.1) is 0 Å². The summed E-state index contributed by atoms with van der Waals surface area (Å²) in [6.45, 7) is 15.5. The second-order valence-corrected chi connectivity index (χ2v) is 18.6. The first-order valence-electron chi connectivity index (χ1n) is 15.1. The van der Waals surface area contributed by atoms with Crippen molar-refractivity contribution >= 4 is 20.1 Å². The minimum atomic E-state index is -2.02. The zero-order chi connectivity index (χ0) is 27.4. The van der Waals surface area contributed by atoms with Gasteiger partial charge in [-0.1, -0.05) is 52.9 Å². The van der Waals surface area contributed by atoms with E-state index in [0.717, 1.165) is 37.4 Å². The summed E-state index contributed by atoms with van der Waals surface area (Å²) in [5.74, 6) is 2.08. The zero-order valence-electron chi connectivity index (χ0n) is 24.7. The molecule has 0 aromatic rings. The lowest BCUT2D eigenvalue weighted by Gasteiger charge is -2.39. The van der Waals surface area contributed by atoms with Gasteiger partial charge in [0, 0.05) is 24.2 Å². The average molecular weight is 535 g/mol. The smallest absolute Gasteiger partial charge is 0.305 e. The minimum Gasteiger partial charge on any atom is -0.547 e. The molecule has 5 atom stereocenters. The van der Waals surface area contributed by atoms with E-state index in [4.69, 9.17) is 9.16 Å². The van der Waals surface area contributed by atoms with Gasteiger partial charge < -0.3 is 14.3 Å². The Balaban J connectivity index is 1.75. The Morgan fingerprint density at radius 2 is 1.76 bits per heavy atom. The third kappa shape index (κ3) is 7.50. The number of ether oxygens (including phenoxy) is 1. The molecule has 0 aliphatic heterocycles. The van der Waals surface area contributed by atoms with Gasteiger partial charge in [0.25, 0.3) is 0 Å². The van der Waals surface area contributed by atoms with Gasteiger partial charge in [-0.25, -0.2) is 0 Å². The average Bonchev–Trinajstić information content (AvgIpc) is 3.37. The van der Waals surface area contributed by atoms with Crippen LogP contribution in [0.15, 0.2) is 11.8 Å². The van der Waals surface area contributed by atoms with Gasteiger partial charge in [0.2, 0.25) is 8.32 Å². The first kappa shape index (κ1) is 30.4. The molecule has 3 aliphatic rings. The first-order valence-corrected chi connectivity index (χ1v) is 18.0. The largest absolute Gasteiger partial charge is 0.547 e. The third-order valence-electron chi connectivity index (χ3n) is 10.1. The van der Waals surface area contributed by atoms with Crippen LogP contribution in [-0.2, 0) is 18.8 Å². The van der Waals surface area contributed by atoms with Gasteiger partial charge in [0.15, 0.2) is 0 Å². The van der Waals surface area contributed by atoms with Crippen molar-refractivity contribution in [2.75, 3.05) is 6.61 Å². The second-order valence-electron chi connectivity index (χ2n) is 13.9. The number of fused-ring (bicyclic) bond motifs is 1. The molecule has 212 valence electrons. The molecule has 0 aromatic carbocycles. The number of ketones is 1. The van der Waals surface area contributed by atoms with Gasteiger partial charge in [0.05, 0.1) is 18.0 Å². The van der Waals surface area contributed by atoms with Crippen LogP contribution in [0.5, 0.6) is 0 Å². The molecule has 3 fully saturated rings. The van der Waals surface area contributed by atoms with E-state index >= 15 is 0 Å². The van der Waals surface area contributed by atoms with Crippen LogP contribution in [-0.4, -0.2) is 37.4 Å². The summed E-state index contributed by atoms with van der Waals surface area (Å²) in [7, 11) is -2.02. The highest BCUT2D eigenvalue weighted by molar-refractivity contribution is 6.74. The van der Waals surface area contributed by atoms with Crippen molar-refractivity contribution in [2.24, 2.45) is 29.6 Å². The molecule has 37 heavy (non-hydrogen) atoms. The highest BCUT2D eigenvalue weighted by atomic mass is 28.4. The summed E-state index contributed by atoms with van der Waals surface area (Å²) >= 11 is 0. The van der Waals surface area contributed by atoms with Crippen molar-refractivity contribution in [3.63, 3.8) is 0 Å². The SMILES string of the molecule is CCOC(=O)CCCC(C)(O)[C@@H]1CC2C(CC[C@H]2C(=CCC2CCCCC2)O[Si](C)(C)C(C)(C)C)C1=O. The lowest BCUT2D eigenvalue weighted by molar-refractivity contribution is -0.143. The number of carbonyl (C=O) groups is 2. The predicted molar refractivity (Wildman–Crippen MR) is 151 cm³/mol. The Bertz CT molecular complexity index is 818. The molecule has 0 amide bonds. The molecule has 6 heteroatoms. The van der Waals surface area contributed by atoms with Crippen LogP contribution in [0.2, 0.25) is 18.1 Å². The van der Waals surface area contributed by atoms with Crippen molar-refractivity contribution in [1.82, 2.24) is 0 Å². The molecule has 0 saturated heterocycles. The lowest BCUT2D eigenvalue weighted by Crippen LogP contribution is -2.41.